The van der Waals surface area contributed by atoms with Crippen molar-refractivity contribution < 1.29 is 50.0 Å². The Bertz CT molecular complexity index is 997. The minimum Gasteiger partial charge on any atom is -0.394 e. The van der Waals surface area contributed by atoms with Crippen molar-refractivity contribution in [3.05, 3.63) is 24.3 Å². The highest BCUT2D eigenvalue weighted by atomic mass is 16.7. The van der Waals surface area contributed by atoms with E-state index in [1.54, 1.807) is 0 Å². The second kappa shape index (κ2) is 37.4. The van der Waals surface area contributed by atoms with Crippen molar-refractivity contribution in [3.8, 4) is 0 Å². The SMILES string of the molecule is CCCCC/C=C\CCCCCCC(O)C(=O)NC(COC1OC(CO)C(O)C(O)C1O)C(O)C(O)CCC/C=C/CCCCCCCCCCCCCCCCC. The zero-order valence-corrected chi connectivity index (χ0v) is 36.8. The normalized spacial score (nSPS) is 22.1. The molecule has 9 unspecified atom stereocenters. The van der Waals surface area contributed by atoms with E-state index in [9.17, 15) is 40.5 Å². The minimum atomic E-state index is -1.67. The fourth-order valence-corrected chi connectivity index (χ4v) is 7.49. The Morgan fingerprint density at radius 1 is 0.586 bits per heavy atom. The average molecular weight is 828 g/mol. The molecule has 0 aromatic rings. The summed E-state index contributed by atoms with van der Waals surface area (Å²) >= 11 is 0. The standard InChI is InChI=1S/C47H89NO10/c1-3-5-7-9-11-13-15-16-17-18-19-20-21-22-23-25-26-28-30-32-34-39(50)42(52)38(37-57-47-45(55)44(54)43(53)41(36-49)58-47)48-46(56)40(51)35-33-31-29-27-24-14-12-10-8-6-4-2/h12,14,26,28,38-45,47,49-55H,3-11,13,15-25,27,29-37H2,1-2H3,(H,48,56)/b14-12-,28-26+. The third kappa shape index (κ3) is 26.7. The van der Waals surface area contributed by atoms with Crippen molar-refractivity contribution >= 4 is 5.91 Å². The van der Waals surface area contributed by atoms with Crippen molar-refractivity contribution in [2.24, 2.45) is 0 Å². The second-order valence-electron chi connectivity index (χ2n) is 16.8. The van der Waals surface area contributed by atoms with Crippen molar-refractivity contribution in [2.75, 3.05) is 13.2 Å². The van der Waals surface area contributed by atoms with Crippen LogP contribution in [0.3, 0.4) is 0 Å². The molecule has 1 fully saturated rings. The van der Waals surface area contributed by atoms with Gasteiger partial charge < -0.3 is 50.5 Å². The topological polar surface area (TPSA) is 189 Å². The van der Waals surface area contributed by atoms with Gasteiger partial charge in [-0.3, -0.25) is 4.79 Å². The first-order valence-corrected chi connectivity index (χ1v) is 23.7. The smallest absolute Gasteiger partial charge is 0.249 e. The maximum atomic E-state index is 13.0. The van der Waals surface area contributed by atoms with Crippen LogP contribution in [0.2, 0.25) is 0 Å². The quantitative estimate of drug-likeness (QED) is 0.0224. The molecule has 11 nitrogen and oxygen atoms in total. The molecule has 1 heterocycles. The number of carbonyl (C=O) groups excluding carboxylic acids is 1. The molecular weight excluding hydrogens is 739 g/mol. The zero-order valence-electron chi connectivity index (χ0n) is 36.8. The van der Waals surface area contributed by atoms with Crippen LogP contribution in [-0.2, 0) is 14.3 Å². The maximum absolute atomic E-state index is 13.0. The molecule has 0 spiro atoms. The highest BCUT2D eigenvalue weighted by Gasteiger charge is 2.44. The molecule has 1 amide bonds. The van der Waals surface area contributed by atoms with E-state index in [2.05, 4.69) is 43.5 Å². The third-order valence-corrected chi connectivity index (χ3v) is 11.5. The molecule has 0 bridgehead atoms. The number of aliphatic hydroxyl groups excluding tert-OH is 7. The first kappa shape index (κ1) is 54.6. The predicted molar refractivity (Wildman–Crippen MR) is 233 cm³/mol. The summed E-state index contributed by atoms with van der Waals surface area (Å²) in [6, 6.07) is -1.19. The van der Waals surface area contributed by atoms with Crippen LogP contribution >= 0.6 is 0 Å². The Morgan fingerprint density at radius 3 is 1.52 bits per heavy atom. The Kier molecular flexibility index (Phi) is 35.2. The monoisotopic (exact) mass is 828 g/mol. The van der Waals surface area contributed by atoms with E-state index in [0.29, 0.717) is 12.8 Å². The maximum Gasteiger partial charge on any atom is 0.249 e. The van der Waals surface area contributed by atoms with Crippen molar-refractivity contribution in [3.63, 3.8) is 0 Å². The van der Waals surface area contributed by atoms with Crippen molar-refractivity contribution in [1.29, 1.82) is 0 Å². The summed E-state index contributed by atoms with van der Waals surface area (Å²) in [4.78, 5) is 13.0. The molecule has 0 aromatic carbocycles. The van der Waals surface area contributed by atoms with Gasteiger partial charge in [0.2, 0.25) is 5.91 Å². The summed E-state index contributed by atoms with van der Waals surface area (Å²) in [5.41, 5.74) is 0. The van der Waals surface area contributed by atoms with Gasteiger partial charge in [-0.1, -0.05) is 160 Å². The van der Waals surface area contributed by atoms with E-state index in [1.165, 1.54) is 109 Å². The summed E-state index contributed by atoms with van der Waals surface area (Å²) in [7, 11) is 0. The largest absolute Gasteiger partial charge is 0.394 e. The molecular formula is C47H89NO10. The van der Waals surface area contributed by atoms with Crippen LogP contribution in [-0.4, -0.2) is 110 Å². The van der Waals surface area contributed by atoms with Gasteiger partial charge in [-0.15, -0.1) is 0 Å². The molecule has 11 heteroatoms. The molecule has 0 aromatic heterocycles. The first-order chi connectivity index (χ1) is 28.2. The lowest BCUT2D eigenvalue weighted by atomic mass is 9.98. The van der Waals surface area contributed by atoms with Crippen LogP contribution < -0.4 is 5.32 Å². The van der Waals surface area contributed by atoms with E-state index >= 15 is 0 Å². The summed E-state index contributed by atoms with van der Waals surface area (Å²) in [6.07, 6.45) is 29.5. The first-order valence-electron chi connectivity index (χ1n) is 23.7. The van der Waals surface area contributed by atoms with Crippen LogP contribution in [0.5, 0.6) is 0 Å². The van der Waals surface area contributed by atoms with Gasteiger partial charge in [0.05, 0.1) is 25.4 Å². The van der Waals surface area contributed by atoms with Crippen molar-refractivity contribution in [1.82, 2.24) is 5.32 Å². The van der Waals surface area contributed by atoms with Crippen molar-refractivity contribution in [2.45, 2.75) is 255 Å². The number of hydrogen-bond donors (Lipinski definition) is 8. The Morgan fingerprint density at radius 2 is 1.02 bits per heavy atom. The number of carbonyl (C=O) groups is 1. The number of unbranched alkanes of at least 4 members (excludes halogenated alkanes) is 23. The number of rotatable bonds is 39. The summed E-state index contributed by atoms with van der Waals surface area (Å²) < 4.78 is 11.1. The molecule has 0 saturated carbocycles. The average Bonchev–Trinajstić information content (AvgIpc) is 3.22. The number of amides is 1. The molecule has 9 atom stereocenters. The summed E-state index contributed by atoms with van der Waals surface area (Å²) in [5, 5.41) is 75.6. The second-order valence-corrected chi connectivity index (χ2v) is 16.8. The lowest BCUT2D eigenvalue weighted by Gasteiger charge is -2.40. The molecule has 58 heavy (non-hydrogen) atoms. The van der Waals surface area contributed by atoms with Gasteiger partial charge >= 0.3 is 0 Å². The minimum absolute atomic E-state index is 0.239. The Hall–Kier alpha value is -1.41. The molecule has 1 rings (SSSR count). The van der Waals surface area contributed by atoms with E-state index in [-0.39, 0.29) is 12.8 Å². The van der Waals surface area contributed by atoms with E-state index in [1.807, 2.05) is 0 Å². The van der Waals surface area contributed by atoms with Crippen LogP contribution in [0.4, 0.5) is 0 Å². The van der Waals surface area contributed by atoms with Gasteiger partial charge in [0.25, 0.3) is 0 Å². The number of aliphatic hydroxyl groups is 7. The molecule has 0 radical (unpaired) electrons. The Balaban J connectivity index is 2.44. The molecule has 0 aliphatic carbocycles. The van der Waals surface area contributed by atoms with E-state index < -0.39 is 74.2 Å². The number of hydrogen-bond acceptors (Lipinski definition) is 10. The molecule has 1 aliphatic heterocycles. The molecule has 1 aliphatic rings. The highest BCUT2D eigenvalue weighted by Crippen LogP contribution is 2.23. The van der Waals surface area contributed by atoms with Crippen LogP contribution in [0.1, 0.15) is 200 Å². The summed E-state index contributed by atoms with van der Waals surface area (Å²) in [5.74, 6) is -0.717. The number of allylic oxidation sites excluding steroid dienone is 4. The zero-order chi connectivity index (χ0) is 42.6. The Labute approximate surface area is 353 Å². The van der Waals surface area contributed by atoms with Gasteiger partial charge in [-0.05, 0) is 64.2 Å². The van der Waals surface area contributed by atoms with Gasteiger partial charge in [0.15, 0.2) is 6.29 Å². The molecule has 1 saturated heterocycles. The number of nitrogens with one attached hydrogen (secondary N) is 1. The summed E-state index contributed by atoms with van der Waals surface area (Å²) in [6.45, 7) is 3.39. The van der Waals surface area contributed by atoms with Gasteiger partial charge in [-0.2, -0.15) is 0 Å². The lowest BCUT2D eigenvalue weighted by molar-refractivity contribution is -0.303. The van der Waals surface area contributed by atoms with Crippen LogP contribution in [0.25, 0.3) is 0 Å². The number of ether oxygens (including phenoxy) is 2. The van der Waals surface area contributed by atoms with Gasteiger partial charge in [-0.25, -0.2) is 0 Å². The highest BCUT2D eigenvalue weighted by molar-refractivity contribution is 5.80. The molecule has 342 valence electrons. The fraction of sp³-hybridized carbons (Fsp3) is 0.894. The fourth-order valence-electron chi connectivity index (χ4n) is 7.49. The molecule has 8 N–H and O–H groups in total. The van der Waals surface area contributed by atoms with E-state index in [0.717, 1.165) is 51.4 Å². The lowest BCUT2D eigenvalue weighted by Crippen LogP contribution is -2.60. The predicted octanol–water partition coefficient (Wildman–Crippen LogP) is 7.84. The van der Waals surface area contributed by atoms with Gasteiger partial charge in [0, 0.05) is 0 Å². The van der Waals surface area contributed by atoms with Gasteiger partial charge in [0.1, 0.15) is 36.6 Å². The third-order valence-electron chi connectivity index (χ3n) is 11.5. The van der Waals surface area contributed by atoms with E-state index in [4.69, 9.17) is 9.47 Å². The van der Waals surface area contributed by atoms with Crippen LogP contribution in [0.15, 0.2) is 24.3 Å². The van der Waals surface area contributed by atoms with Crippen LogP contribution in [0, 0.1) is 0 Å².